The minimum absolute atomic E-state index is 0.115. The van der Waals surface area contributed by atoms with Crippen LogP contribution in [0.3, 0.4) is 0 Å². The van der Waals surface area contributed by atoms with Crippen LogP contribution in [0.4, 0.5) is 0 Å². The Labute approximate surface area is 207 Å². The Hall–Kier alpha value is -3.29. The minimum atomic E-state index is -0.885. The summed E-state index contributed by atoms with van der Waals surface area (Å²) in [6.45, 7) is 7.81. The Morgan fingerprint density at radius 1 is 1.23 bits per heavy atom. The third kappa shape index (κ3) is 6.87. The molecule has 0 saturated heterocycles. The molecule has 0 aromatic carbocycles. The molecule has 186 valence electrons. The quantitative estimate of drug-likeness (QED) is 0.371. The first-order valence-electron chi connectivity index (χ1n) is 12.4. The number of carboxylic acids is 1. The van der Waals surface area contributed by atoms with E-state index in [0.717, 1.165) is 47.2 Å². The van der Waals surface area contributed by atoms with Crippen molar-refractivity contribution in [3.63, 3.8) is 0 Å². The molecular weight excluding hydrogens is 438 g/mol. The van der Waals surface area contributed by atoms with Gasteiger partial charge in [-0.2, -0.15) is 0 Å². The summed E-state index contributed by atoms with van der Waals surface area (Å²) in [4.78, 5) is 20.2. The number of fused-ring (bicyclic) bond motifs is 2. The molecule has 0 aliphatic heterocycles. The van der Waals surface area contributed by atoms with Crippen LogP contribution < -0.4 is 11.1 Å². The highest BCUT2D eigenvalue weighted by molar-refractivity contribution is 5.95. The predicted octanol–water partition coefficient (Wildman–Crippen LogP) is 4.59. The first-order chi connectivity index (χ1) is 17.1. The molecular formula is C28H37N5O2. The van der Waals surface area contributed by atoms with Crippen molar-refractivity contribution in [3.05, 3.63) is 71.5 Å². The normalized spacial score (nSPS) is 12.9. The molecule has 0 spiro atoms. The van der Waals surface area contributed by atoms with Crippen molar-refractivity contribution in [2.24, 2.45) is 5.73 Å². The zero-order valence-electron chi connectivity index (χ0n) is 20.7. The average Bonchev–Trinajstić information content (AvgIpc) is 3.17. The Kier molecular flexibility index (Phi) is 10.2. The van der Waals surface area contributed by atoms with Gasteiger partial charge in [0.15, 0.2) is 0 Å². The van der Waals surface area contributed by atoms with Crippen LogP contribution >= 0.6 is 0 Å². The van der Waals surface area contributed by atoms with Crippen molar-refractivity contribution in [2.75, 3.05) is 13.1 Å². The number of carbonyl (C=O) groups is 1. The summed E-state index contributed by atoms with van der Waals surface area (Å²) in [6.07, 6.45) is 16.3. The number of nitrogens with two attached hydrogens (primary N) is 1. The monoisotopic (exact) mass is 475 g/mol. The van der Waals surface area contributed by atoms with Crippen molar-refractivity contribution >= 4 is 29.0 Å². The minimum Gasteiger partial charge on any atom is -0.480 e. The molecule has 3 aromatic heterocycles. The maximum atomic E-state index is 11.4. The third-order valence-corrected chi connectivity index (χ3v) is 6.14. The molecule has 0 unspecified atom stereocenters. The maximum absolute atomic E-state index is 11.4. The molecule has 1 aliphatic carbocycles. The van der Waals surface area contributed by atoms with E-state index in [1.165, 1.54) is 36.9 Å². The van der Waals surface area contributed by atoms with Gasteiger partial charge < -0.3 is 20.7 Å². The van der Waals surface area contributed by atoms with E-state index in [2.05, 4.69) is 27.9 Å². The molecule has 0 amide bonds. The maximum Gasteiger partial charge on any atom is 0.323 e. The van der Waals surface area contributed by atoms with Gasteiger partial charge in [0.1, 0.15) is 6.54 Å². The SMILES string of the molecule is C=Cc1c(/C=C\C)n(CC(=O)O)c2c(CNCCCCN)nccc12.c1cnc2c(c1)CCCC2. The van der Waals surface area contributed by atoms with Gasteiger partial charge >= 0.3 is 5.97 Å². The molecule has 0 atom stereocenters. The number of pyridine rings is 2. The highest BCUT2D eigenvalue weighted by Crippen LogP contribution is 2.30. The number of carboxylic acid groups (broad SMARTS) is 1. The fourth-order valence-corrected chi connectivity index (χ4v) is 4.53. The van der Waals surface area contributed by atoms with Gasteiger partial charge in [0, 0.05) is 41.3 Å². The van der Waals surface area contributed by atoms with Crippen LogP contribution in [0, 0.1) is 0 Å². The fraction of sp³-hybridized carbons (Fsp3) is 0.393. The van der Waals surface area contributed by atoms with E-state index in [1.54, 1.807) is 16.8 Å². The zero-order chi connectivity index (χ0) is 25.0. The van der Waals surface area contributed by atoms with Crippen LogP contribution in [0.1, 0.15) is 60.8 Å². The van der Waals surface area contributed by atoms with Crippen LogP contribution in [-0.4, -0.2) is 38.7 Å². The lowest BCUT2D eigenvalue weighted by atomic mass is 9.96. The Morgan fingerprint density at radius 3 is 2.77 bits per heavy atom. The average molecular weight is 476 g/mol. The van der Waals surface area contributed by atoms with E-state index < -0.39 is 5.97 Å². The number of aryl methyl sites for hydroxylation is 2. The highest BCUT2D eigenvalue weighted by Gasteiger charge is 2.18. The van der Waals surface area contributed by atoms with Gasteiger partial charge in [-0.3, -0.25) is 14.8 Å². The second kappa shape index (κ2) is 13.6. The molecule has 4 rings (SSSR count). The van der Waals surface area contributed by atoms with E-state index in [0.29, 0.717) is 13.1 Å². The van der Waals surface area contributed by atoms with Gasteiger partial charge in [0.2, 0.25) is 0 Å². The van der Waals surface area contributed by atoms with Crippen molar-refractivity contribution in [3.8, 4) is 0 Å². The first-order valence-corrected chi connectivity index (χ1v) is 12.4. The molecule has 4 N–H and O–H groups in total. The number of aromatic nitrogens is 3. The summed E-state index contributed by atoms with van der Waals surface area (Å²) in [5.74, 6) is -0.885. The topological polar surface area (TPSA) is 106 Å². The van der Waals surface area contributed by atoms with E-state index >= 15 is 0 Å². The molecule has 1 aliphatic rings. The number of rotatable bonds is 10. The highest BCUT2D eigenvalue weighted by atomic mass is 16.4. The van der Waals surface area contributed by atoms with Crippen LogP contribution in [0.2, 0.25) is 0 Å². The summed E-state index contributed by atoms with van der Waals surface area (Å²) in [5, 5.41) is 13.7. The Balaban J connectivity index is 0.000000281. The Morgan fingerprint density at radius 2 is 2.06 bits per heavy atom. The molecule has 0 fully saturated rings. The van der Waals surface area contributed by atoms with Gasteiger partial charge in [-0.05, 0) is 82.3 Å². The number of unbranched alkanes of at least 4 members (excludes halogenated alkanes) is 1. The summed E-state index contributed by atoms with van der Waals surface area (Å²) < 4.78 is 1.80. The molecule has 7 nitrogen and oxygen atoms in total. The van der Waals surface area contributed by atoms with E-state index in [-0.39, 0.29) is 6.54 Å². The molecule has 0 bridgehead atoms. The number of nitrogens with zero attached hydrogens (tertiary/aromatic N) is 3. The summed E-state index contributed by atoms with van der Waals surface area (Å²) in [6, 6.07) is 6.14. The van der Waals surface area contributed by atoms with E-state index in [9.17, 15) is 9.90 Å². The van der Waals surface area contributed by atoms with Gasteiger partial charge in [-0.15, -0.1) is 0 Å². The molecule has 0 radical (unpaired) electrons. The zero-order valence-corrected chi connectivity index (χ0v) is 20.7. The summed E-state index contributed by atoms with van der Waals surface area (Å²) in [7, 11) is 0. The van der Waals surface area contributed by atoms with E-state index in [4.69, 9.17) is 5.73 Å². The lowest BCUT2D eigenvalue weighted by Crippen LogP contribution is -2.18. The largest absolute Gasteiger partial charge is 0.480 e. The number of hydrogen-bond donors (Lipinski definition) is 3. The van der Waals surface area contributed by atoms with E-state index in [1.807, 2.05) is 37.4 Å². The van der Waals surface area contributed by atoms with Crippen LogP contribution in [0.25, 0.3) is 23.1 Å². The van der Waals surface area contributed by atoms with Crippen molar-refractivity contribution in [1.29, 1.82) is 0 Å². The summed E-state index contributed by atoms with van der Waals surface area (Å²) >= 11 is 0. The van der Waals surface area contributed by atoms with Crippen LogP contribution in [0.5, 0.6) is 0 Å². The van der Waals surface area contributed by atoms with Crippen LogP contribution in [-0.2, 0) is 30.7 Å². The fourth-order valence-electron chi connectivity index (χ4n) is 4.53. The van der Waals surface area contributed by atoms with Gasteiger partial charge in [-0.1, -0.05) is 24.8 Å². The second-order valence-electron chi connectivity index (χ2n) is 8.63. The van der Waals surface area contributed by atoms with Gasteiger partial charge in [0.25, 0.3) is 0 Å². The summed E-state index contributed by atoms with van der Waals surface area (Å²) in [5.41, 5.74) is 11.8. The van der Waals surface area contributed by atoms with Crippen molar-refractivity contribution in [2.45, 2.75) is 58.5 Å². The number of nitrogens with one attached hydrogen (secondary N) is 1. The standard InChI is InChI=1S/C19H26N4O2.C9H11N/c1-3-7-17-14(4-2)15-8-11-22-16(12-21-10-6-5-9-20)19(15)23(17)13-18(24)25;1-2-6-9-8(4-1)5-3-7-10-9/h3-4,7-8,11,21H,2,5-6,9-10,12-13,20H2,1H3,(H,24,25);3,5,7H,1-2,4,6H2/b7-3-;. The number of allylic oxidation sites excluding steroid dienone is 1. The molecule has 3 aromatic rings. The van der Waals surface area contributed by atoms with Crippen LogP contribution in [0.15, 0.2) is 43.2 Å². The van der Waals surface area contributed by atoms with Gasteiger partial charge in [0.05, 0.1) is 11.2 Å². The van der Waals surface area contributed by atoms with Crippen molar-refractivity contribution < 1.29 is 9.90 Å². The van der Waals surface area contributed by atoms with Crippen molar-refractivity contribution in [1.82, 2.24) is 19.9 Å². The lowest BCUT2D eigenvalue weighted by molar-refractivity contribution is -0.137. The number of hydrogen-bond acceptors (Lipinski definition) is 5. The number of aliphatic carboxylic acids is 1. The molecule has 7 heteroatoms. The molecule has 0 saturated carbocycles. The first kappa shape index (κ1) is 26.3. The van der Waals surface area contributed by atoms with Gasteiger partial charge in [-0.25, -0.2) is 0 Å². The smallest absolute Gasteiger partial charge is 0.323 e. The third-order valence-electron chi connectivity index (χ3n) is 6.14. The lowest BCUT2D eigenvalue weighted by Gasteiger charge is -2.12. The second-order valence-corrected chi connectivity index (χ2v) is 8.63. The Bertz CT molecular complexity index is 1140. The molecule has 3 heterocycles. The predicted molar refractivity (Wildman–Crippen MR) is 143 cm³/mol. The molecule has 35 heavy (non-hydrogen) atoms.